The minimum Gasteiger partial charge on any atom is -0.336 e. The van der Waals surface area contributed by atoms with Crippen molar-refractivity contribution in [3.05, 3.63) is 59.2 Å². The predicted octanol–water partition coefficient (Wildman–Crippen LogP) is 3.53. The van der Waals surface area contributed by atoms with Crippen molar-refractivity contribution in [2.75, 3.05) is 10.0 Å². The van der Waals surface area contributed by atoms with Crippen LogP contribution in [0.15, 0.2) is 52.7 Å². The lowest BCUT2D eigenvalue weighted by molar-refractivity contribution is 0.603. The van der Waals surface area contributed by atoms with Crippen molar-refractivity contribution >= 4 is 38.7 Å². The first-order chi connectivity index (χ1) is 11.4. The van der Waals surface area contributed by atoms with Gasteiger partial charge in [-0.3, -0.25) is 4.72 Å². The van der Waals surface area contributed by atoms with E-state index in [-0.39, 0.29) is 15.7 Å². The van der Waals surface area contributed by atoms with Gasteiger partial charge >= 0.3 is 0 Å². The molecule has 0 amide bonds. The van der Waals surface area contributed by atoms with Gasteiger partial charge in [0.25, 0.3) is 10.0 Å². The van der Waals surface area contributed by atoms with Crippen LogP contribution in [0.4, 0.5) is 21.7 Å². The fraction of sp³-hybridized carbons (Fsp3) is 0.0667. The number of aromatic nitrogens is 2. The third kappa shape index (κ3) is 3.69. The molecular formula is C15H13FN4O2S2. The van der Waals surface area contributed by atoms with Gasteiger partial charge in [0.1, 0.15) is 10.0 Å². The third-order valence-corrected chi connectivity index (χ3v) is 5.87. The molecule has 0 radical (unpaired) electrons. The lowest BCUT2D eigenvalue weighted by Crippen LogP contribution is -2.13. The standard InChI is InChI=1S/C15H13FN4O2S2/c1-10-6-9-15(23-10)24(21,22)20-14-8-7-13(18-19-14)17-12-5-3-2-4-11(12)16/h2-9H,1H3,(H,17,18)(H,19,20). The number of sulfonamides is 1. The van der Waals surface area contributed by atoms with Crippen LogP contribution in [0.1, 0.15) is 4.88 Å². The first-order valence-corrected chi connectivity index (χ1v) is 9.18. The lowest BCUT2D eigenvalue weighted by atomic mass is 10.3. The molecule has 1 aromatic carbocycles. The number of nitrogens with one attached hydrogen (secondary N) is 2. The quantitative estimate of drug-likeness (QED) is 0.723. The van der Waals surface area contributed by atoms with Crippen LogP contribution in [-0.4, -0.2) is 18.6 Å². The van der Waals surface area contributed by atoms with Crippen LogP contribution < -0.4 is 10.0 Å². The van der Waals surface area contributed by atoms with E-state index in [4.69, 9.17) is 0 Å². The zero-order valence-corrected chi connectivity index (χ0v) is 14.2. The zero-order valence-electron chi connectivity index (χ0n) is 12.5. The Labute approximate surface area is 142 Å². The molecule has 124 valence electrons. The Morgan fingerprint density at radius 1 is 1.00 bits per heavy atom. The normalized spacial score (nSPS) is 11.2. The highest BCUT2D eigenvalue weighted by Crippen LogP contribution is 2.23. The Kier molecular flexibility index (Phi) is 4.45. The van der Waals surface area contributed by atoms with Crippen molar-refractivity contribution in [3.8, 4) is 0 Å². The summed E-state index contributed by atoms with van der Waals surface area (Å²) in [6.45, 7) is 1.83. The molecule has 0 atom stereocenters. The van der Waals surface area contributed by atoms with E-state index in [1.54, 1.807) is 24.3 Å². The van der Waals surface area contributed by atoms with Crippen molar-refractivity contribution in [2.45, 2.75) is 11.1 Å². The summed E-state index contributed by atoms with van der Waals surface area (Å²) in [6, 6.07) is 12.4. The average Bonchev–Trinajstić information content (AvgIpc) is 2.99. The summed E-state index contributed by atoms with van der Waals surface area (Å²) in [5.74, 6) is -0.0349. The number of hydrogen-bond donors (Lipinski definition) is 2. The number of benzene rings is 1. The fourth-order valence-electron chi connectivity index (χ4n) is 1.90. The molecule has 2 N–H and O–H groups in total. The number of aryl methyl sites for hydroxylation is 1. The molecule has 0 aliphatic rings. The summed E-state index contributed by atoms with van der Waals surface area (Å²) in [5, 5.41) is 10.4. The lowest BCUT2D eigenvalue weighted by Gasteiger charge is -2.07. The average molecular weight is 364 g/mol. The molecule has 0 bridgehead atoms. The van der Waals surface area contributed by atoms with E-state index in [9.17, 15) is 12.8 Å². The Hall–Kier alpha value is -2.52. The van der Waals surface area contributed by atoms with Crippen molar-refractivity contribution in [2.24, 2.45) is 0 Å². The Morgan fingerprint density at radius 2 is 1.71 bits per heavy atom. The van der Waals surface area contributed by atoms with Crippen LogP contribution >= 0.6 is 11.3 Å². The van der Waals surface area contributed by atoms with Gasteiger partial charge in [0.05, 0.1) is 5.69 Å². The summed E-state index contributed by atoms with van der Waals surface area (Å²) < 4.78 is 40.5. The largest absolute Gasteiger partial charge is 0.336 e. The van der Waals surface area contributed by atoms with Crippen molar-refractivity contribution in [3.63, 3.8) is 0 Å². The third-order valence-electron chi connectivity index (χ3n) is 3.02. The van der Waals surface area contributed by atoms with E-state index < -0.39 is 15.8 Å². The molecule has 0 aliphatic carbocycles. The molecule has 0 aliphatic heterocycles. The number of thiophene rings is 1. The van der Waals surface area contributed by atoms with Gasteiger partial charge in [0.15, 0.2) is 11.6 Å². The van der Waals surface area contributed by atoms with E-state index in [1.807, 2.05) is 6.92 Å². The number of para-hydroxylation sites is 1. The summed E-state index contributed by atoms with van der Waals surface area (Å²) in [4.78, 5) is 0.894. The maximum Gasteiger partial charge on any atom is 0.272 e. The molecule has 9 heteroatoms. The summed E-state index contributed by atoms with van der Waals surface area (Å²) in [7, 11) is -3.69. The SMILES string of the molecule is Cc1ccc(S(=O)(=O)Nc2ccc(Nc3ccccc3F)nn2)s1. The first-order valence-electron chi connectivity index (χ1n) is 6.88. The highest BCUT2D eigenvalue weighted by Gasteiger charge is 2.17. The molecule has 3 rings (SSSR count). The molecule has 24 heavy (non-hydrogen) atoms. The molecule has 0 spiro atoms. The highest BCUT2D eigenvalue weighted by molar-refractivity contribution is 7.94. The molecule has 0 saturated heterocycles. The topological polar surface area (TPSA) is 84.0 Å². The van der Waals surface area contributed by atoms with E-state index >= 15 is 0 Å². The Balaban J connectivity index is 1.74. The van der Waals surface area contributed by atoms with Crippen LogP contribution in [0.25, 0.3) is 0 Å². The van der Waals surface area contributed by atoms with E-state index in [1.165, 1.54) is 35.6 Å². The molecule has 6 nitrogen and oxygen atoms in total. The van der Waals surface area contributed by atoms with Crippen LogP contribution in [-0.2, 0) is 10.0 Å². The van der Waals surface area contributed by atoms with Crippen molar-refractivity contribution in [1.82, 2.24) is 10.2 Å². The highest BCUT2D eigenvalue weighted by atomic mass is 32.2. The molecule has 0 saturated carbocycles. The van der Waals surface area contributed by atoms with Crippen molar-refractivity contribution in [1.29, 1.82) is 0 Å². The fourth-order valence-corrected chi connectivity index (χ4v) is 4.18. The van der Waals surface area contributed by atoms with E-state index in [0.717, 1.165) is 4.88 Å². The summed E-state index contributed by atoms with van der Waals surface area (Å²) >= 11 is 1.17. The van der Waals surface area contributed by atoms with Crippen LogP contribution in [0.5, 0.6) is 0 Å². The minimum atomic E-state index is -3.69. The molecule has 2 aromatic heterocycles. The number of hydrogen-bond acceptors (Lipinski definition) is 6. The maximum atomic E-state index is 13.6. The molecule has 0 fully saturated rings. The number of halogens is 1. The number of rotatable bonds is 5. The van der Waals surface area contributed by atoms with Gasteiger partial charge in [-0.15, -0.1) is 21.5 Å². The first kappa shape index (κ1) is 16.3. The molecular weight excluding hydrogens is 351 g/mol. The smallest absolute Gasteiger partial charge is 0.272 e. The van der Waals surface area contributed by atoms with Gasteiger partial charge < -0.3 is 5.32 Å². The van der Waals surface area contributed by atoms with E-state index in [0.29, 0.717) is 5.82 Å². The zero-order chi connectivity index (χ0) is 17.2. The Bertz CT molecular complexity index is 956. The van der Waals surface area contributed by atoms with Gasteiger partial charge in [-0.1, -0.05) is 12.1 Å². The van der Waals surface area contributed by atoms with Gasteiger partial charge in [0.2, 0.25) is 0 Å². The van der Waals surface area contributed by atoms with Gasteiger partial charge in [0, 0.05) is 4.88 Å². The Morgan fingerprint density at radius 3 is 2.33 bits per heavy atom. The second-order valence-electron chi connectivity index (χ2n) is 4.88. The van der Waals surface area contributed by atoms with Crippen molar-refractivity contribution < 1.29 is 12.8 Å². The maximum absolute atomic E-state index is 13.6. The van der Waals surface area contributed by atoms with Gasteiger partial charge in [-0.05, 0) is 43.3 Å². The van der Waals surface area contributed by atoms with Gasteiger partial charge in [-0.25, -0.2) is 12.8 Å². The number of anilines is 3. The second-order valence-corrected chi connectivity index (χ2v) is 8.08. The second kappa shape index (κ2) is 6.54. The monoisotopic (exact) mass is 364 g/mol. The molecule has 0 unspecified atom stereocenters. The number of nitrogens with zero attached hydrogens (tertiary/aromatic N) is 2. The summed E-state index contributed by atoms with van der Waals surface area (Å²) in [6.07, 6.45) is 0. The van der Waals surface area contributed by atoms with E-state index in [2.05, 4.69) is 20.2 Å². The van der Waals surface area contributed by atoms with Crippen LogP contribution in [0.2, 0.25) is 0 Å². The van der Waals surface area contributed by atoms with Gasteiger partial charge in [-0.2, -0.15) is 0 Å². The van der Waals surface area contributed by atoms with Crippen LogP contribution in [0, 0.1) is 12.7 Å². The molecule has 2 heterocycles. The van der Waals surface area contributed by atoms with Crippen LogP contribution in [0.3, 0.4) is 0 Å². The summed E-state index contributed by atoms with van der Waals surface area (Å²) in [5.41, 5.74) is 0.259. The minimum absolute atomic E-state index is 0.0835. The molecule has 3 aromatic rings. The predicted molar refractivity (Wildman–Crippen MR) is 91.6 cm³/mol.